The van der Waals surface area contributed by atoms with Crippen molar-refractivity contribution in [3.05, 3.63) is 0 Å². The summed E-state index contributed by atoms with van der Waals surface area (Å²) in [5.74, 6) is 4.56. The van der Waals surface area contributed by atoms with Gasteiger partial charge in [0.15, 0.2) is 0 Å². The highest BCUT2D eigenvalue weighted by molar-refractivity contribution is 5.62. The average Bonchev–Trinajstić information content (AvgIpc) is 2.97. The molecule has 7 atom stereocenters. The first-order valence-corrected chi connectivity index (χ1v) is 11.8. The summed E-state index contributed by atoms with van der Waals surface area (Å²) in [4.78, 5) is 7.70. The van der Waals surface area contributed by atoms with Crippen LogP contribution >= 0.6 is 0 Å². The number of hydrogen-bond acceptors (Lipinski definition) is 3. The molecule has 0 spiro atoms. The van der Waals surface area contributed by atoms with Gasteiger partial charge in [-0.05, 0) is 100.0 Å². The first kappa shape index (κ1) is 19.7. The molecular formula is C24H42N2O. The van der Waals surface area contributed by atoms with Crippen molar-refractivity contribution in [2.75, 3.05) is 27.2 Å². The monoisotopic (exact) mass is 374 g/mol. The van der Waals surface area contributed by atoms with Crippen LogP contribution in [0.25, 0.3) is 0 Å². The van der Waals surface area contributed by atoms with Gasteiger partial charge in [0.2, 0.25) is 0 Å². The average molecular weight is 375 g/mol. The van der Waals surface area contributed by atoms with Crippen molar-refractivity contribution in [2.45, 2.75) is 78.1 Å². The lowest BCUT2D eigenvalue weighted by Crippen LogP contribution is -2.52. The maximum atomic E-state index is 5.55. The van der Waals surface area contributed by atoms with Crippen LogP contribution in [0.5, 0.6) is 0 Å². The molecule has 4 fully saturated rings. The second-order valence-corrected chi connectivity index (χ2v) is 11.0. The lowest BCUT2D eigenvalue weighted by Gasteiger charge is -2.60. The van der Waals surface area contributed by atoms with Crippen LogP contribution in [0.2, 0.25) is 0 Å². The molecule has 0 aromatic rings. The number of nitrogens with zero attached hydrogens (tertiary/aromatic N) is 2. The molecule has 4 saturated carbocycles. The molecule has 3 heteroatoms. The minimum Gasteiger partial charge on any atom is -0.395 e. The molecule has 0 aromatic heterocycles. The van der Waals surface area contributed by atoms with Gasteiger partial charge in [0.05, 0.1) is 0 Å². The largest absolute Gasteiger partial charge is 0.395 e. The minimum atomic E-state index is 0.466. The Morgan fingerprint density at radius 2 is 1.74 bits per heavy atom. The Hall–Kier alpha value is -0.570. The number of likely N-dealkylation sites (N-methyl/N-ethyl adjacent to an activating group) is 1. The molecule has 0 aliphatic heterocycles. The normalized spacial score (nSPS) is 46.9. The topological polar surface area (TPSA) is 24.8 Å². The molecule has 4 rings (SSSR count). The predicted octanol–water partition coefficient (Wildman–Crippen LogP) is 5.60. The predicted molar refractivity (Wildman–Crippen MR) is 113 cm³/mol. The summed E-state index contributed by atoms with van der Waals surface area (Å²) in [6, 6.07) is 0. The van der Waals surface area contributed by atoms with Crippen molar-refractivity contribution in [3.63, 3.8) is 0 Å². The van der Waals surface area contributed by atoms with Crippen molar-refractivity contribution < 1.29 is 4.84 Å². The van der Waals surface area contributed by atoms with Gasteiger partial charge in [0.1, 0.15) is 6.61 Å². The van der Waals surface area contributed by atoms with Gasteiger partial charge in [-0.3, -0.25) is 0 Å². The van der Waals surface area contributed by atoms with Crippen LogP contribution in [-0.4, -0.2) is 38.4 Å². The van der Waals surface area contributed by atoms with Crippen LogP contribution in [0.4, 0.5) is 0 Å². The zero-order valence-electron chi connectivity index (χ0n) is 18.3. The van der Waals surface area contributed by atoms with Crippen molar-refractivity contribution in [2.24, 2.45) is 45.6 Å². The molecule has 4 aliphatic carbocycles. The van der Waals surface area contributed by atoms with Gasteiger partial charge >= 0.3 is 0 Å². The maximum absolute atomic E-state index is 5.55. The van der Waals surface area contributed by atoms with Gasteiger partial charge in [-0.15, -0.1) is 0 Å². The summed E-state index contributed by atoms with van der Waals surface area (Å²) in [7, 11) is 4.16. The summed E-state index contributed by atoms with van der Waals surface area (Å²) >= 11 is 0. The fourth-order valence-electron chi connectivity index (χ4n) is 7.97. The van der Waals surface area contributed by atoms with Crippen LogP contribution in [0.1, 0.15) is 78.1 Å². The number of fused-ring (bicyclic) bond motifs is 5. The van der Waals surface area contributed by atoms with Gasteiger partial charge in [-0.2, -0.15) is 0 Å². The third kappa shape index (κ3) is 3.47. The van der Waals surface area contributed by atoms with Crippen molar-refractivity contribution in [1.82, 2.24) is 4.90 Å². The Labute approximate surface area is 167 Å². The summed E-state index contributed by atoms with van der Waals surface area (Å²) < 4.78 is 0. The molecule has 3 nitrogen and oxygen atoms in total. The van der Waals surface area contributed by atoms with Gasteiger partial charge in [-0.25, -0.2) is 0 Å². The molecule has 4 aliphatic rings. The Morgan fingerprint density at radius 1 is 0.926 bits per heavy atom. The molecule has 0 radical (unpaired) electrons. The lowest BCUT2D eigenvalue weighted by molar-refractivity contribution is -0.106. The van der Waals surface area contributed by atoms with Gasteiger partial charge in [0, 0.05) is 18.7 Å². The number of rotatable bonds is 5. The quantitative estimate of drug-likeness (QED) is 0.355. The summed E-state index contributed by atoms with van der Waals surface area (Å²) in [6.45, 7) is 6.90. The second-order valence-electron chi connectivity index (χ2n) is 11.0. The van der Waals surface area contributed by atoms with E-state index in [1.165, 1.54) is 64.2 Å². The zero-order chi connectivity index (χ0) is 19.1. The van der Waals surface area contributed by atoms with Crippen LogP contribution < -0.4 is 0 Å². The van der Waals surface area contributed by atoms with E-state index < -0.39 is 0 Å². The SMILES string of the molecule is CN(C)CCO/N=C/[C@H]1CC[C@H]2[C@@H]3CC[C@@H]4CCCC[C@]4(C)[C@H]3CC[C@]12C. The fraction of sp³-hybridized carbons (Fsp3) is 0.958. The van der Waals surface area contributed by atoms with E-state index >= 15 is 0 Å². The summed E-state index contributed by atoms with van der Waals surface area (Å²) in [5, 5.41) is 4.39. The van der Waals surface area contributed by atoms with E-state index in [1.54, 1.807) is 0 Å². The van der Waals surface area contributed by atoms with E-state index in [1.807, 2.05) is 0 Å². The highest BCUT2D eigenvalue weighted by atomic mass is 16.6. The van der Waals surface area contributed by atoms with Crippen molar-refractivity contribution in [3.8, 4) is 0 Å². The van der Waals surface area contributed by atoms with E-state index in [-0.39, 0.29) is 0 Å². The standard InChI is InChI=1S/C24H42N2O/c1-23-13-6-5-7-18(23)8-10-20-21-11-9-19(17-25-27-16-15-26(3)4)24(21,2)14-12-22(20)23/h17-22H,5-16H2,1-4H3/b25-17+/t18-,19+,20-,21-,22-,23-,24+/m0/s1. The van der Waals surface area contributed by atoms with Gasteiger partial charge in [-0.1, -0.05) is 31.8 Å². The molecular weight excluding hydrogens is 332 g/mol. The minimum absolute atomic E-state index is 0.466. The molecule has 154 valence electrons. The highest BCUT2D eigenvalue weighted by Gasteiger charge is 2.59. The zero-order valence-corrected chi connectivity index (χ0v) is 18.3. The Bertz CT molecular complexity index is 546. The van der Waals surface area contributed by atoms with Crippen LogP contribution in [0, 0.1) is 40.4 Å². The molecule has 0 N–H and O–H groups in total. The Morgan fingerprint density at radius 3 is 2.56 bits per heavy atom. The second kappa shape index (κ2) is 7.69. The number of oxime groups is 1. The third-order valence-corrected chi connectivity index (χ3v) is 9.60. The molecule has 0 bridgehead atoms. The first-order valence-electron chi connectivity index (χ1n) is 11.8. The fourth-order valence-corrected chi connectivity index (χ4v) is 7.97. The molecule has 27 heavy (non-hydrogen) atoms. The molecule has 0 saturated heterocycles. The van der Waals surface area contributed by atoms with Crippen molar-refractivity contribution in [1.29, 1.82) is 0 Å². The van der Waals surface area contributed by atoms with E-state index in [0.29, 0.717) is 23.4 Å². The lowest BCUT2D eigenvalue weighted by atomic mass is 9.45. The molecule has 0 aromatic carbocycles. The summed E-state index contributed by atoms with van der Waals surface area (Å²) in [5.41, 5.74) is 1.12. The maximum Gasteiger partial charge on any atom is 0.129 e. The van der Waals surface area contributed by atoms with Gasteiger partial charge < -0.3 is 9.74 Å². The van der Waals surface area contributed by atoms with Crippen LogP contribution in [-0.2, 0) is 4.84 Å². The van der Waals surface area contributed by atoms with E-state index in [0.717, 1.165) is 30.2 Å². The van der Waals surface area contributed by atoms with E-state index in [4.69, 9.17) is 4.84 Å². The molecule has 0 heterocycles. The Balaban J connectivity index is 1.43. The van der Waals surface area contributed by atoms with E-state index in [9.17, 15) is 0 Å². The first-order chi connectivity index (χ1) is 12.9. The van der Waals surface area contributed by atoms with E-state index in [2.05, 4.69) is 44.2 Å². The molecule has 0 amide bonds. The number of hydrogen-bond donors (Lipinski definition) is 0. The van der Waals surface area contributed by atoms with Gasteiger partial charge in [0.25, 0.3) is 0 Å². The van der Waals surface area contributed by atoms with Crippen molar-refractivity contribution >= 4 is 6.21 Å². The molecule has 0 unspecified atom stereocenters. The van der Waals surface area contributed by atoms with Crippen LogP contribution in [0.15, 0.2) is 5.16 Å². The highest BCUT2D eigenvalue weighted by Crippen LogP contribution is 2.67. The smallest absolute Gasteiger partial charge is 0.129 e. The summed E-state index contributed by atoms with van der Waals surface area (Å²) in [6.07, 6.45) is 16.8. The Kier molecular flexibility index (Phi) is 5.62. The van der Waals surface area contributed by atoms with Crippen LogP contribution in [0.3, 0.4) is 0 Å². The third-order valence-electron chi connectivity index (χ3n) is 9.60.